The fourth-order valence-corrected chi connectivity index (χ4v) is 2.73. The number of aryl methyl sites for hydroxylation is 1. The molecule has 3 N–H and O–H groups in total. The minimum absolute atomic E-state index is 0.356. The molecule has 138 valence electrons. The summed E-state index contributed by atoms with van der Waals surface area (Å²) < 4.78 is 5.68. The first-order chi connectivity index (χ1) is 13.1. The molecule has 1 aromatic heterocycles. The van der Waals surface area contributed by atoms with E-state index < -0.39 is 5.91 Å². The predicted octanol–water partition coefficient (Wildman–Crippen LogP) is 3.61. The minimum Gasteiger partial charge on any atom is -0.439 e. The van der Waals surface area contributed by atoms with Gasteiger partial charge in [0.15, 0.2) is 0 Å². The number of pyridine rings is 1. The first-order valence-electron chi connectivity index (χ1n) is 8.90. The lowest BCUT2D eigenvalue weighted by molar-refractivity contribution is 0.1000. The molecule has 27 heavy (non-hydrogen) atoms. The summed E-state index contributed by atoms with van der Waals surface area (Å²) in [5, 5.41) is 3.47. The average molecular weight is 361 g/mol. The Kier molecular flexibility index (Phi) is 6.18. The number of amides is 1. The van der Waals surface area contributed by atoms with Crippen LogP contribution in [-0.4, -0.2) is 17.4 Å². The Bertz CT molecular complexity index is 890. The van der Waals surface area contributed by atoms with E-state index in [0.29, 0.717) is 17.2 Å². The highest BCUT2D eigenvalue weighted by Crippen LogP contribution is 2.20. The molecule has 0 unspecified atom stereocenters. The topological polar surface area (TPSA) is 77.2 Å². The number of hydrogen-bond acceptors (Lipinski definition) is 4. The summed E-state index contributed by atoms with van der Waals surface area (Å²) in [4.78, 5) is 15.1. The molecule has 0 aliphatic heterocycles. The fourth-order valence-electron chi connectivity index (χ4n) is 2.73. The molecule has 0 radical (unpaired) electrons. The van der Waals surface area contributed by atoms with Crippen molar-refractivity contribution in [3.8, 4) is 11.6 Å². The number of ether oxygens (including phenoxy) is 1. The second kappa shape index (κ2) is 8.96. The third-order valence-electron chi connectivity index (χ3n) is 4.33. The van der Waals surface area contributed by atoms with Crippen LogP contribution in [0, 0.1) is 6.92 Å². The van der Waals surface area contributed by atoms with Crippen molar-refractivity contribution in [1.29, 1.82) is 0 Å². The standard InChI is InChI=1S/C22H23N3O2/c1-16-4-2-3-5-18(16)12-13-24-14-17-6-9-20(10-7-17)27-21-11-8-19(15-25-21)22(23)26/h2-11,15,24H,12-14H2,1H3,(H2,23,26). The fraction of sp³-hybridized carbons (Fsp3) is 0.182. The molecule has 0 bridgehead atoms. The highest BCUT2D eigenvalue weighted by Gasteiger charge is 2.03. The van der Waals surface area contributed by atoms with E-state index in [1.165, 1.54) is 22.9 Å². The van der Waals surface area contributed by atoms with Crippen molar-refractivity contribution >= 4 is 5.91 Å². The van der Waals surface area contributed by atoms with Crippen LogP contribution in [0.25, 0.3) is 0 Å². The van der Waals surface area contributed by atoms with Crippen LogP contribution in [0.4, 0.5) is 0 Å². The van der Waals surface area contributed by atoms with Crippen molar-refractivity contribution in [2.45, 2.75) is 19.9 Å². The average Bonchev–Trinajstić information content (AvgIpc) is 2.68. The van der Waals surface area contributed by atoms with Crippen molar-refractivity contribution in [3.63, 3.8) is 0 Å². The van der Waals surface area contributed by atoms with Crippen LogP contribution in [-0.2, 0) is 13.0 Å². The zero-order valence-corrected chi connectivity index (χ0v) is 15.3. The normalized spacial score (nSPS) is 10.6. The van der Waals surface area contributed by atoms with Crippen LogP contribution < -0.4 is 15.8 Å². The smallest absolute Gasteiger partial charge is 0.250 e. The van der Waals surface area contributed by atoms with Gasteiger partial charge < -0.3 is 15.8 Å². The van der Waals surface area contributed by atoms with Crippen LogP contribution in [0.3, 0.4) is 0 Å². The van der Waals surface area contributed by atoms with E-state index in [4.69, 9.17) is 10.5 Å². The van der Waals surface area contributed by atoms with E-state index in [9.17, 15) is 4.79 Å². The Balaban J connectivity index is 1.47. The first-order valence-corrected chi connectivity index (χ1v) is 8.90. The summed E-state index contributed by atoms with van der Waals surface area (Å²) in [6.45, 7) is 3.88. The molecule has 2 aromatic carbocycles. The minimum atomic E-state index is -0.506. The molecule has 0 atom stereocenters. The van der Waals surface area contributed by atoms with E-state index in [0.717, 1.165) is 19.5 Å². The van der Waals surface area contributed by atoms with E-state index in [1.807, 2.05) is 24.3 Å². The molecular weight excluding hydrogens is 338 g/mol. The molecule has 3 rings (SSSR count). The number of nitrogens with two attached hydrogens (primary N) is 1. The molecule has 5 nitrogen and oxygen atoms in total. The highest BCUT2D eigenvalue weighted by atomic mass is 16.5. The van der Waals surface area contributed by atoms with E-state index in [-0.39, 0.29) is 0 Å². The van der Waals surface area contributed by atoms with Crippen molar-refractivity contribution in [1.82, 2.24) is 10.3 Å². The van der Waals surface area contributed by atoms with Crippen LogP contribution >= 0.6 is 0 Å². The number of rotatable bonds is 8. The van der Waals surface area contributed by atoms with Crippen molar-refractivity contribution in [3.05, 3.63) is 89.1 Å². The molecule has 1 amide bonds. The van der Waals surface area contributed by atoms with Crippen molar-refractivity contribution < 1.29 is 9.53 Å². The second-order valence-corrected chi connectivity index (χ2v) is 6.35. The molecular formula is C22H23N3O2. The molecule has 0 spiro atoms. The SMILES string of the molecule is Cc1ccccc1CCNCc1ccc(Oc2ccc(C(N)=O)cn2)cc1. The van der Waals surface area contributed by atoms with Gasteiger partial charge >= 0.3 is 0 Å². The van der Waals surface area contributed by atoms with Crippen LogP contribution in [0.15, 0.2) is 66.9 Å². The van der Waals surface area contributed by atoms with Gasteiger partial charge in [0.25, 0.3) is 0 Å². The summed E-state index contributed by atoms with van der Waals surface area (Å²) >= 11 is 0. The summed E-state index contributed by atoms with van der Waals surface area (Å²) in [6.07, 6.45) is 2.42. The lowest BCUT2D eigenvalue weighted by Gasteiger charge is -2.09. The maximum atomic E-state index is 11.0. The molecule has 3 aromatic rings. The number of aromatic nitrogens is 1. The van der Waals surface area contributed by atoms with Crippen LogP contribution in [0.1, 0.15) is 27.0 Å². The Morgan fingerprint density at radius 2 is 1.85 bits per heavy atom. The van der Waals surface area contributed by atoms with Gasteiger partial charge in [-0.25, -0.2) is 4.98 Å². The Hall–Kier alpha value is -3.18. The molecule has 5 heteroatoms. The Morgan fingerprint density at radius 1 is 1.07 bits per heavy atom. The monoisotopic (exact) mass is 361 g/mol. The summed E-state index contributed by atoms with van der Waals surface area (Å²) in [6, 6.07) is 19.5. The maximum Gasteiger partial charge on any atom is 0.250 e. The van der Waals surface area contributed by atoms with Gasteiger partial charge in [-0.1, -0.05) is 36.4 Å². The largest absolute Gasteiger partial charge is 0.439 e. The van der Waals surface area contributed by atoms with Gasteiger partial charge in [0.2, 0.25) is 11.8 Å². The lowest BCUT2D eigenvalue weighted by atomic mass is 10.1. The molecule has 1 heterocycles. The highest BCUT2D eigenvalue weighted by molar-refractivity contribution is 5.92. The molecule has 0 aliphatic rings. The second-order valence-electron chi connectivity index (χ2n) is 6.35. The summed E-state index contributed by atoms with van der Waals surface area (Å²) in [7, 11) is 0. The van der Waals surface area contributed by atoms with Crippen molar-refractivity contribution in [2.24, 2.45) is 5.73 Å². The van der Waals surface area contributed by atoms with Gasteiger partial charge in [-0.2, -0.15) is 0 Å². The third-order valence-corrected chi connectivity index (χ3v) is 4.33. The first kappa shape index (κ1) is 18.6. The van der Waals surface area contributed by atoms with E-state index >= 15 is 0 Å². The Morgan fingerprint density at radius 3 is 2.52 bits per heavy atom. The number of nitrogens with zero attached hydrogens (tertiary/aromatic N) is 1. The number of benzene rings is 2. The van der Waals surface area contributed by atoms with Gasteiger partial charge in [0.1, 0.15) is 5.75 Å². The quantitative estimate of drug-likeness (QED) is 0.601. The van der Waals surface area contributed by atoms with Crippen molar-refractivity contribution in [2.75, 3.05) is 6.54 Å². The molecule has 0 saturated carbocycles. The predicted molar refractivity (Wildman–Crippen MR) is 106 cm³/mol. The molecule has 0 saturated heterocycles. The third kappa shape index (κ3) is 5.39. The Labute approximate surface area is 159 Å². The number of primary amides is 1. The van der Waals surface area contributed by atoms with Gasteiger partial charge in [-0.05, 0) is 54.8 Å². The summed E-state index contributed by atoms with van der Waals surface area (Å²) in [5.41, 5.74) is 9.45. The van der Waals surface area contributed by atoms with Crippen LogP contribution in [0.5, 0.6) is 11.6 Å². The number of nitrogens with one attached hydrogen (secondary N) is 1. The summed E-state index contributed by atoms with van der Waals surface area (Å²) in [5.74, 6) is 0.607. The van der Waals surface area contributed by atoms with Gasteiger partial charge in [0.05, 0.1) is 5.56 Å². The zero-order valence-electron chi connectivity index (χ0n) is 15.3. The number of carbonyl (C=O) groups is 1. The molecule has 0 fully saturated rings. The lowest BCUT2D eigenvalue weighted by Crippen LogP contribution is -2.16. The number of hydrogen-bond donors (Lipinski definition) is 2. The van der Waals surface area contributed by atoms with Gasteiger partial charge in [-0.3, -0.25) is 4.79 Å². The molecule has 0 aliphatic carbocycles. The van der Waals surface area contributed by atoms with Gasteiger partial charge in [-0.15, -0.1) is 0 Å². The number of carbonyl (C=O) groups excluding carboxylic acids is 1. The van der Waals surface area contributed by atoms with E-state index in [2.05, 4.69) is 41.5 Å². The zero-order chi connectivity index (χ0) is 19.1. The van der Waals surface area contributed by atoms with Crippen LogP contribution in [0.2, 0.25) is 0 Å². The van der Waals surface area contributed by atoms with E-state index in [1.54, 1.807) is 12.1 Å². The van der Waals surface area contributed by atoms with Gasteiger partial charge in [0, 0.05) is 18.8 Å². The maximum absolute atomic E-state index is 11.0.